The van der Waals surface area contributed by atoms with Crippen LogP contribution in [0.5, 0.6) is 0 Å². The van der Waals surface area contributed by atoms with Gasteiger partial charge in [-0.2, -0.15) is 12.6 Å². The van der Waals surface area contributed by atoms with Gasteiger partial charge >= 0.3 is 0 Å². The average Bonchev–Trinajstić information content (AvgIpc) is 2.84. The van der Waals surface area contributed by atoms with Crippen molar-refractivity contribution in [3.05, 3.63) is 0 Å². The van der Waals surface area contributed by atoms with E-state index in [9.17, 15) is 24.6 Å². The summed E-state index contributed by atoms with van der Waals surface area (Å²) in [5.41, 5.74) is 5.34. The van der Waals surface area contributed by atoms with Crippen molar-refractivity contribution in [1.29, 1.82) is 0 Å². The maximum Gasteiger partial charge on any atom is 0.221 e. The van der Waals surface area contributed by atoms with Crippen LogP contribution in [-0.2, 0) is 14.4 Å². The molecule has 2 atom stereocenters. The van der Waals surface area contributed by atoms with E-state index in [-0.39, 0.29) is 43.2 Å². The number of nitrogens with two attached hydrogens (primary N) is 1. The number of aliphatic hydroxyl groups excluding tert-OH is 2. The Morgan fingerprint density at radius 1 is 0.771 bits per heavy atom. The van der Waals surface area contributed by atoms with Gasteiger partial charge in [0.1, 0.15) is 0 Å². The zero-order valence-electron chi connectivity index (χ0n) is 21.1. The number of hydrogen-bond donors (Lipinski definition) is 9. The molecule has 0 aliphatic heterocycles. The van der Waals surface area contributed by atoms with Crippen LogP contribution in [0.25, 0.3) is 0 Å². The first-order chi connectivity index (χ1) is 16.8. The summed E-state index contributed by atoms with van der Waals surface area (Å²) in [5.74, 6) is 0.188. The van der Waals surface area contributed by atoms with E-state index in [1.807, 2.05) is 11.8 Å². The van der Waals surface area contributed by atoms with E-state index < -0.39 is 6.10 Å². The fourth-order valence-electron chi connectivity index (χ4n) is 2.92. The van der Waals surface area contributed by atoms with Crippen LogP contribution in [0.2, 0.25) is 0 Å². The molecule has 13 heteroatoms. The highest BCUT2D eigenvalue weighted by Gasteiger charge is 2.12. The van der Waals surface area contributed by atoms with E-state index in [2.05, 4.69) is 39.2 Å². The first-order valence-corrected chi connectivity index (χ1v) is 13.1. The molecule has 0 aliphatic rings. The predicted molar refractivity (Wildman–Crippen MR) is 140 cm³/mol. The Labute approximate surface area is 214 Å². The third kappa shape index (κ3) is 21.5. The van der Waals surface area contributed by atoms with Gasteiger partial charge in [-0.15, -0.1) is 0 Å². The van der Waals surface area contributed by atoms with Crippen molar-refractivity contribution in [1.82, 2.24) is 31.5 Å². The minimum absolute atomic E-state index is 0.0802. The molecule has 0 saturated carbocycles. The first kappa shape index (κ1) is 33.5. The Hall–Kier alpha value is -1.48. The quantitative estimate of drug-likeness (QED) is 0.0500. The van der Waals surface area contributed by atoms with Crippen LogP contribution >= 0.6 is 12.6 Å². The minimum atomic E-state index is -0.602. The van der Waals surface area contributed by atoms with Crippen molar-refractivity contribution in [2.24, 2.45) is 5.73 Å². The maximum absolute atomic E-state index is 12.2. The summed E-state index contributed by atoms with van der Waals surface area (Å²) in [4.78, 5) is 38.0. The van der Waals surface area contributed by atoms with Crippen molar-refractivity contribution < 1.29 is 24.6 Å². The third-order valence-electron chi connectivity index (χ3n) is 5.15. The molecule has 0 rings (SSSR count). The zero-order valence-corrected chi connectivity index (χ0v) is 22.0. The van der Waals surface area contributed by atoms with Gasteiger partial charge in [0.25, 0.3) is 0 Å². The van der Waals surface area contributed by atoms with Gasteiger partial charge in [-0.3, -0.25) is 14.4 Å². The van der Waals surface area contributed by atoms with Gasteiger partial charge in [0, 0.05) is 91.3 Å². The molecule has 0 aromatic rings. The molecule has 0 saturated heterocycles. The van der Waals surface area contributed by atoms with Crippen LogP contribution in [0.15, 0.2) is 0 Å². The van der Waals surface area contributed by atoms with Crippen molar-refractivity contribution in [3.63, 3.8) is 0 Å². The molecule has 206 valence electrons. The molecule has 0 heterocycles. The molecule has 2 unspecified atom stereocenters. The second-order valence-electron chi connectivity index (χ2n) is 8.22. The number of nitrogens with zero attached hydrogens (tertiary/aromatic N) is 1. The maximum atomic E-state index is 12.2. The fraction of sp³-hybridized carbons (Fsp3) is 0.864. The van der Waals surface area contributed by atoms with Gasteiger partial charge in [0.05, 0.1) is 12.2 Å². The summed E-state index contributed by atoms with van der Waals surface area (Å²) in [5, 5.41) is 33.5. The summed E-state index contributed by atoms with van der Waals surface area (Å²) < 4.78 is 0. The van der Waals surface area contributed by atoms with E-state index in [1.165, 1.54) is 0 Å². The summed E-state index contributed by atoms with van der Waals surface area (Å²) in [7, 11) is 0. The summed E-state index contributed by atoms with van der Waals surface area (Å²) >= 11 is 4.05. The zero-order chi connectivity index (χ0) is 26.3. The molecule has 9 N–H and O–H groups in total. The normalized spacial score (nSPS) is 12.9. The molecule has 12 nitrogen and oxygen atoms in total. The molecule has 0 fully saturated rings. The van der Waals surface area contributed by atoms with Gasteiger partial charge in [-0.1, -0.05) is 6.92 Å². The lowest BCUT2D eigenvalue weighted by Gasteiger charge is -2.22. The molecular formula is C22H47N7O5S. The Morgan fingerprint density at radius 3 is 1.74 bits per heavy atom. The fourth-order valence-corrected chi connectivity index (χ4v) is 3.12. The van der Waals surface area contributed by atoms with Crippen LogP contribution in [0.4, 0.5) is 0 Å². The molecule has 0 bridgehead atoms. The Bertz CT molecular complexity index is 538. The molecule has 0 aliphatic carbocycles. The standard InChI is InChI=1S/C22H47N7O5S/c1-2-18(30)16-24-6-8-26-20(32)3-11-29(13-10-28-22(34)5-14-35)12-4-21(33)27-9-7-25-17-19(31)15-23/h18-19,24-25,30-31,35H,2-17,23H2,1H3,(H,26,32)(H,27,33)(H,28,34). The Balaban J connectivity index is 4.30. The van der Waals surface area contributed by atoms with E-state index in [4.69, 9.17) is 5.73 Å². The number of aliphatic hydroxyl groups is 2. The number of hydrogen-bond acceptors (Lipinski definition) is 10. The van der Waals surface area contributed by atoms with Gasteiger partial charge in [-0.05, 0) is 12.2 Å². The molecule has 0 spiro atoms. The number of carbonyl (C=O) groups is 3. The van der Waals surface area contributed by atoms with Gasteiger partial charge < -0.3 is 47.4 Å². The van der Waals surface area contributed by atoms with Gasteiger partial charge in [-0.25, -0.2) is 0 Å². The predicted octanol–water partition coefficient (Wildman–Crippen LogP) is -2.99. The van der Waals surface area contributed by atoms with Crippen molar-refractivity contribution >= 4 is 30.4 Å². The number of amides is 3. The summed E-state index contributed by atoms with van der Waals surface area (Å²) in [6, 6.07) is 0. The lowest BCUT2D eigenvalue weighted by Crippen LogP contribution is -2.41. The lowest BCUT2D eigenvalue weighted by molar-refractivity contribution is -0.122. The number of thiol groups is 1. The number of carbonyl (C=O) groups excluding carboxylic acids is 3. The smallest absolute Gasteiger partial charge is 0.221 e. The monoisotopic (exact) mass is 521 g/mol. The van der Waals surface area contributed by atoms with Crippen LogP contribution in [0.3, 0.4) is 0 Å². The van der Waals surface area contributed by atoms with Gasteiger partial charge in [0.2, 0.25) is 17.7 Å². The van der Waals surface area contributed by atoms with Crippen molar-refractivity contribution in [3.8, 4) is 0 Å². The van der Waals surface area contributed by atoms with Crippen LogP contribution in [-0.4, -0.2) is 123 Å². The van der Waals surface area contributed by atoms with Gasteiger partial charge in [0.15, 0.2) is 0 Å². The second kappa shape index (κ2) is 23.0. The third-order valence-corrected chi connectivity index (χ3v) is 5.37. The summed E-state index contributed by atoms with van der Waals surface area (Å²) in [6.45, 7) is 6.81. The molecule has 0 radical (unpaired) electrons. The Morgan fingerprint density at radius 2 is 1.26 bits per heavy atom. The highest BCUT2D eigenvalue weighted by molar-refractivity contribution is 7.80. The Kier molecular flexibility index (Phi) is 22.0. The molecule has 3 amide bonds. The van der Waals surface area contributed by atoms with E-state index in [0.29, 0.717) is 84.0 Å². The molecular weight excluding hydrogens is 474 g/mol. The minimum Gasteiger partial charge on any atom is -0.392 e. The molecule has 35 heavy (non-hydrogen) atoms. The van der Waals surface area contributed by atoms with E-state index in [1.54, 1.807) is 0 Å². The highest BCUT2D eigenvalue weighted by Crippen LogP contribution is 1.96. The molecule has 0 aromatic carbocycles. The van der Waals surface area contributed by atoms with E-state index in [0.717, 1.165) is 0 Å². The van der Waals surface area contributed by atoms with Crippen LogP contribution in [0.1, 0.15) is 32.6 Å². The average molecular weight is 522 g/mol. The first-order valence-electron chi connectivity index (χ1n) is 12.4. The second-order valence-corrected chi connectivity index (χ2v) is 8.67. The highest BCUT2D eigenvalue weighted by atomic mass is 32.1. The van der Waals surface area contributed by atoms with Crippen LogP contribution < -0.4 is 32.3 Å². The molecule has 0 aromatic heterocycles. The SMILES string of the molecule is CCC(O)CNCCNC(=O)CCN(CCNC(=O)CCS)CCC(=O)NCCNCC(O)CN. The van der Waals surface area contributed by atoms with Crippen molar-refractivity contribution in [2.45, 2.75) is 44.8 Å². The van der Waals surface area contributed by atoms with Crippen LogP contribution in [0, 0.1) is 0 Å². The number of nitrogens with one attached hydrogen (secondary N) is 5. The van der Waals surface area contributed by atoms with E-state index >= 15 is 0 Å². The summed E-state index contributed by atoms with van der Waals surface area (Å²) in [6.07, 6.45) is 0.574. The largest absolute Gasteiger partial charge is 0.392 e. The lowest BCUT2D eigenvalue weighted by atomic mass is 10.3. The number of rotatable bonds is 23. The van der Waals surface area contributed by atoms with Crippen molar-refractivity contribution in [2.75, 3.05) is 77.7 Å². The topological polar surface area (TPSA) is 181 Å².